The zero-order valence-corrected chi connectivity index (χ0v) is 29.5. The number of benzene rings is 3. The molecule has 4 amide bonds. The number of carbonyl (C=O) groups excluding carboxylic acids is 4. The molecule has 1 unspecified atom stereocenters. The number of aryl methyl sites for hydroxylation is 1. The van der Waals surface area contributed by atoms with E-state index in [0.717, 1.165) is 16.8 Å². The molecule has 3 aromatic carbocycles. The maximum Gasteiger partial charge on any atom is 0.329 e. The summed E-state index contributed by atoms with van der Waals surface area (Å²) in [5.74, 6) is -3.27. The van der Waals surface area contributed by atoms with Crippen LogP contribution >= 0.6 is 0 Å². The third-order valence-electron chi connectivity index (χ3n) is 10.8. The number of nitrogens with one attached hydrogen (secondary N) is 2. The van der Waals surface area contributed by atoms with Gasteiger partial charge in [-0.05, 0) is 72.5 Å². The molecule has 15 nitrogen and oxygen atoms in total. The van der Waals surface area contributed by atoms with Crippen LogP contribution in [0.15, 0.2) is 53.3 Å². The predicted molar refractivity (Wildman–Crippen MR) is 193 cm³/mol. The van der Waals surface area contributed by atoms with Crippen LogP contribution in [0.2, 0.25) is 0 Å². The Morgan fingerprint density at radius 1 is 0.925 bits per heavy atom. The summed E-state index contributed by atoms with van der Waals surface area (Å²) in [5.41, 5.74) is 3.05. The molecule has 53 heavy (non-hydrogen) atoms. The van der Waals surface area contributed by atoms with Gasteiger partial charge in [-0.2, -0.15) is 8.42 Å². The molecular weight excluding hydrogens is 710 g/mol. The summed E-state index contributed by atoms with van der Waals surface area (Å²) < 4.78 is 45.4. The molecule has 3 N–H and O–H groups in total. The van der Waals surface area contributed by atoms with E-state index < -0.39 is 51.9 Å². The number of anilines is 2. The number of rotatable bonds is 5. The lowest BCUT2D eigenvalue weighted by atomic mass is 9.92. The van der Waals surface area contributed by atoms with Gasteiger partial charge in [-0.3, -0.25) is 33.6 Å². The Labute approximate surface area is 302 Å². The molecule has 1 atom stereocenters. The normalized spacial score (nSPS) is 20.9. The van der Waals surface area contributed by atoms with Crippen LogP contribution in [-0.4, -0.2) is 83.9 Å². The SMILES string of the molecule is Cn1c(=O)n(C2CCC(=O)NC2=O)c2ccc(N3CCC(C(=O)N4CC=C(c5ccc6c(F)c(N7CC(=O)NS7(=O)=O)c(O)cc6c5)CC4)CC3)cc21. The number of hydrogen-bond acceptors (Lipinski definition) is 9. The van der Waals surface area contributed by atoms with Crippen molar-refractivity contribution in [2.75, 3.05) is 41.9 Å². The van der Waals surface area contributed by atoms with Crippen molar-refractivity contribution in [3.05, 3.63) is 70.4 Å². The van der Waals surface area contributed by atoms with E-state index in [0.29, 0.717) is 66.2 Å². The highest BCUT2D eigenvalue weighted by molar-refractivity contribution is 7.92. The van der Waals surface area contributed by atoms with Gasteiger partial charge in [0.25, 0.3) is 5.91 Å². The molecule has 5 heterocycles. The molecule has 4 aliphatic heterocycles. The van der Waals surface area contributed by atoms with E-state index in [1.165, 1.54) is 21.3 Å². The number of piperidine rings is 2. The van der Waals surface area contributed by atoms with Gasteiger partial charge < -0.3 is 14.9 Å². The quantitative estimate of drug-likeness (QED) is 0.258. The molecule has 8 rings (SSSR count). The molecule has 3 fully saturated rings. The monoisotopic (exact) mass is 745 g/mol. The van der Waals surface area contributed by atoms with E-state index in [1.807, 2.05) is 29.2 Å². The number of amides is 4. The number of phenolic OH excluding ortho intramolecular Hbond substituents is 1. The number of fused-ring (bicyclic) bond motifs is 2. The molecule has 0 saturated carbocycles. The second-order valence-corrected chi connectivity index (χ2v) is 15.5. The Bertz CT molecular complexity index is 2470. The van der Waals surface area contributed by atoms with Crippen LogP contribution in [0.4, 0.5) is 15.8 Å². The van der Waals surface area contributed by atoms with Crippen LogP contribution in [0.25, 0.3) is 27.4 Å². The number of imide groups is 1. The molecule has 3 saturated heterocycles. The van der Waals surface area contributed by atoms with Crippen molar-refractivity contribution in [3.8, 4) is 5.75 Å². The van der Waals surface area contributed by atoms with Gasteiger partial charge in [0.15, 0.2) is 5.82 Å². The smallest absolute Gasteiger partial charge is 0.329 e. The van der Waals surface area contributed by atoms with Crippen molar-refractivity contribution >= 4 is 72.6 Å². The Balaban J connectivity index is 0.920. The number of halogens is 1. The van der Waals surface area contributed by atoms with Crippen molar-refractivity contribution in [3.63, 3.8) is 0 Å². The summed E-state index contributed by atoms with van der Waals surface area (Å²) in [6.45, 7) is 1.58. The van der Waals surface area contributed by atoms with Crippen LogP contribution < -0.4 is 24.9 Å². The van der Waals surface area contributed by atoms with Gasteiger partial charge >= 0.3 is 15.9 Å². The number of hydrogen-bond donors (Lipinski definition) is 3. The lowest BCUT2D eigenvalue weighted by molar-refractivity contribution is -0.136. The third-order valence-corrected chi connectivity index (χ3v) is 12.2. The van der Waals surface area contributed by atoms with Gasteiger partial charge in [0.2, 0.25) is 17.7 Å². The predicted octanol–water partition coefficient (Wildman–Crippen LogP) is 2.03. The highest BCUT2D eigenvalue weighted by Crippen LogP contribution is 2.39. The van der Waals surface area contributed by atoms with E-state index in [9.17, 15) is 37.5 Å². The Morgan fingerprint density at radius 3 is 2.38 bits per heavy atom. The maximum absolute atomic E-state index is 15.5. The van der Waals surface area contributed by atoms with E-state index in [2.05, 4.69) is 10.2 Å². The zero-order valence-electron chi connectivity index (χ0n) is 28.7. The highest BCUT2D eigenvalue weighted by Gasteiger charge is 2.38. The number of nitrogens with zero attached hydrogens (tertiary/aromatic N) is 5. The molecule has 1 aromatic heterocycles. The molecule has 276 valence electrons. The Morgan fingerprint density at radius 2 is 1.70 bits per heavy atom. The van der Waals surface area contributed by atoms with Crippen LogP contribution in [0, 0.1) is 11.7 Å². The first kappa shape index (κ1) is 34.4. The lowest BCUT2D eigenvalue weighted by Crippen LogP contribution is -2.44. The second kappa shape index (κ2) is 12.8. The van der Waals surface area contributed by atoms with E-state index in [4.69, 9.17) is 0 Å². The highest BCUT2D eigenvalue weighted by atomic mass is 32.2. The van der Waals surface area contributed by atoms with Gasteiger partial charge in [0.1, 0.15) is 24.0 Å². The number of aromatic hydroxyl groups is 1. The Kier molecular flexibility index (Phi) is 8.27. The average molecular weight is 746 g/mol. The summed E-state index contributed by atoms with van der Waals surface area (Å²) >= 11 is 0. The molecule has 4 aliphatic rings. The number of carbonyl (C=O) groups is 4. The first-order chi connectivity index (χ1) is 25.3. The van der Waals surface area contributed by atoms with E-state index >= 15 is 4.39 Å². The van der Waals surface area contributed by atoms with Gasteiger partial charge in [0, 0.05) is 56.6 Å². The summed E-state index contributed by atoms with van der Waals surface area (Å²) in [5, 5.41) is 13.4. The van der Waals surface area contributed by atoms with Crippen molar-refractivity contribution in [2.45, 2.75) is 38.1 Å². The number of aromatic nitrogens is 2. The molecule has 4 aromatic rings. The fraction of sp³-hybridized carbons (Fsp3) is 0.361. The summed E-state index contributed by atoms with van der Waals surface area (Å²) in [6.07, 6.45) is 4.28. The summed E-state index contributed by atoms with van der Waals surface area (Å²) in [4.78, 5) is 66.7. The van der Waals surface area contributed by atoms with Crippen molar-refractivity contribution in [1.82, 2.24) is 24.1 Å². The van der Waals surface area contributed by atoms with Crippen LogP contribution in [-0.2, 0) is 36.4 Å². The van der Waals surface area contributed by atoms with Gasteiger partial charge in [-0.1, -0.05) is 18.2 Å². The fourth-order valence-electron chi connectivity index (χ4n) is 7.97. The van der Waals surface area contributed by atoms with Gasteiger partial charge in [-0.15, -0.1) is 0 Å². The largest absolute Gasteiger partial charge is 0.506 e. The van der Waals surface area contributed by atoms with Crippen molar-refractivity contribution < 1.29 is 37.1 Å². The van der Waals surface area contributed by atoms with Crippen LogP contribution in [0.5, 0.6) is 5.75 Å². The average Bonchev–Trinajstić information content (AvgIpc) is 3.55. The van der Waals surface area contributed by atoms with Crippen molar-refractivity contribution in [1.29, 1.82) is 0 Å². The molecule has 17 heteroatoms. The van der Waals surface area contributed by atoms with Gasteiger partial charge in [-0.25, -0.2) is 18.2 Å². The first-order valence-corrected chi connectivity index (χ1v) is 18.8. The van der Waals surface area contributed by atoms with Crippen LogP contribution in [0.3, 0.4) is 0 Å². The molecule has 0 spiro atoms. The van der Waals surface area contributed by atoms with E-state index in [-0.39, 0.29) is 41.6 Å². The minimum absolute atomic E-state index is 0.0852. The van der Waals surface area contributed by atoms with E-state index in [1.54, 1.807) is 23.9 Å². The molecule has 0 aliphatic carbocycles. The molecular formula is C36H36FN7O8S. The van der Waals surface area contributed by atoms with Gasteiger partial charge in [0.05, 0.1) is 11.0 Å². The Hall–Kier alpha value is -5.71. The molecule has 0 bridgehead atoms. The molecule has 0 radical (unpaired) electrons. The zero-order chi connectivity index (χ0) is 37.3. The number of phenols is 1. The fourth-order valence-corrected chi connectivity index (χ4v) is 9.14. The summed E-state index contributed by atoms with van der Waals surface area (Å²) in [7, 11) is -2.66. The summed E-state index contributed by atoms with van der Waals surface area (Å²) in [6, 6.07) is 11.1. The lowest BCUT2D eigenvalue weighted by Gasteiger charge is -2.36. The van der Waals surface area contributed by atoms with Crippen molar-refractivity contribution in [2.24, 2.45) is 13.0 Å². The van der Waals surface area contributed by atoms with Crippen LogP contribution in [0.1, 0.15) is 43.7 Å². The third kappa shape index (κ3) is 5.88. The standard InChI is InChI=1S/C36H36FN7O8S/c1-40-28-18-24(3-5-26(28)44(36(40)50)27-6-7-30(46)38-34(27)48)41-12-10-21(11-13-41)35(49)42-14-8-20(9-15-42)22-2-4-25-23(16-22)17-29(45)33(32(25)37)43-19-31(47)39-53(43,51)52/h2-5,8,16-18,21,27,45H,6-7,9-15,19H2,1H3,(H,39,47)(H,38,46,48). The minimum Gasteiger partial charge on any atom is -0.506 e. The first-order valence-electron chi connectivity index (χ1n) is 17.4. The minimum atomic E-state index is -4.32. The topological polar surface area (TPSA) is 183 Å². The maximum atomic E-state index is 15.5. The number of imidazole rings is 1. The second-order valence-electron chi connectivity index (χ2n) is 13.9.